The summed E-state index contributed by atoms with van der Waals surface area (Å²) in [6.07, 6.45) is 3.55. The van der Waals surface area contributed by atoms with E-state index in [9.17, 15) is 0 Å². The quantitative estimate of drug-likeness (QED) is 0.687. The normalized spacial score (nSPS) is 12.2. The second-order valence-electron chi connectivity index (χ2n) is 4.48. The van der Waals surface area contributed by atoms with Gasteiger partial charge in [0, 0.05) is 12.4 Å². The van der Waals surface area contributed by atoms with Gasteiger partial charge in [0.25, 0.3) is 0 Å². The fourth-order valence-corrected chi connectivity index (χ4v) is 2.89. The summed E-state index contributed by atoms with van der Waals surface area (Å²) < 4.78 is 4.25. The third-order valence-corrected chi connectivity index (χ3v) is 3.85. The van der Waals surface area contributed by atoms with Gasteiger partial charge in [0.05, 0.1) is 11.6 Å². The van der Waals surface area contributed by atoms with Crippen LogP contribution in [0, 0.1) is 0 Å². The zero-order chi connectivity index (χ0) is 13.9. The number of aromatic amines is 1. The number of hydrogen-bond acceptors (Lipinski definition) is 5. The summed E-state index contributed by atoms with van der Waals surface area (Å²) in [7, 11) is 0. The molecule has 5 nitrogen and oxygen atoms in total. The van der Waals surface area contributed by atoms with Crippen LogP contribution in [0.15, 0.2) is 42.7 Å². The number of aromatic nitrogens is 3. The molecule has 0 saturated carbocycles. The van der Waals surface area contributed by atoms with Crippen LogP contribution in [0.2, 0.25) is 0 Å². The molecule has 2 aromatic heterocycles. The Morgan fingerprint density at radius 3 is 2.80 bits per heavy atom. The molecule has 20 heavy (non-hydrogen) atoms. The van der Waals surface area contributed by atoms with E-state index in [0.717, 1.165) is 22.0 Å². The maximum absolute atomic E-state index is 6.00. The highest BCUT2D eigenvalue weighted by Crippen LogP contribution is 2.38. The number of nitrogens with zero attached hydrogens (tertiary/aromatic N) is 2. The van der Waals surface area contributed by atoms with Crippen LogP contribution in [0.5, 0.6) is 0 Å². The molecular weight excluding hydrogens is 270 g/mol. The first-order valence-electron chi connectivity index (χ1n) is 6.32. The van der Waals surface area contributed by atoms with Crippen molar-refractivity contribution in [2.24, 2.45) is 0 Å². The standard InChI is InChI=1S/C14H15N5S/c1-9(13-16-7-8-17-13)18-14-11(12(15)19-20-14)10-5-3-2-4-6-10/h2-9,18H,1H3,(H2,15,19)(H,16,17). The van der Waals surface area contributed by atoms with Crippen molar-refractivity contribution in [2.45, 2.75) is 13.0 Å². The fourth-order valence-electron chi connectivity index (χ4n) is 2.06. The van der Waals surface area contributed by atoms with Crippen molar-refractivity contribution >= 4 is 22.4 Å². The number of nitrogens with two attached hydrogens (primary N) is 1. The van der Waals surface area contributed by atoms with Gasteiger partial charge in [-0.15, -0.1) is 0 Å². The van der Waals surface area contributed by atoms with E-state index >= 15 is 0 Å². The summed E-state index contributed by atoms with van der Waals surface area (Å²) >= 11 is 1.37. The van der Waals surface area contributed by atoms with Gasteiger partial charge in [0.15, 0.2) is 0 Å². The molecule has 1 atom stereocenters. The first kappa shape index (κ1) is 12.7. The largest absolute Gasteiger partial charge is 0.382 e. The van der Waals surface area contributed by atoms with E-state index in [2.05, 4.69) is 19.7 Å². The second kappa shape index (κ2) is 5.34. The van der Waals surface area contributed by atoms with E-state index < -0.39 is 0 Å². The van der Waals surface area contributed by atoms with Crippen molar-refractivity contribution < 1.29 is 0 Å². The summed E-state index contributed by atoms with van der Waals surface area (Å²) in [6, 6.07) is 10.1. The van der Waals surface area contributed by atoms with E-state index in [1.807, 2.05) is 43.5 Å². The lowest BCUT2D eigenvalue weighted by Gasteiger charge is -2.12. The SMILES string of the molecule is CC(Nc1snc(N)c1-c1ccccc1)c1ncc[nH]1. The third-order valence-electron chi connectivity index (χ3n) is 3.06. The molecule has 4 N–H and O–H groups in total. The van der Waals surface area contributed by atoms with Crippen molar-refractivity contribution in [3.05, 3.63) is 48.5 Å². The number of anilines is 2. The van der Waals surface area contributed by atoms with Crippen molar-refractivity contribution in [2.75, 3.05) is 11.1 Å². The molecule has 0 aliphatic carbocycles. The van der Waals surface area contributed by atoms with E-state index in [1.165, 1.54) is 11.5 Å². The Hall–Kier alpha value is -2.34. The van der Waals surface area contributed by atoms with Crippen LogP contribution in [0.3, 0.4) is 0 Å². The maximum Gasteiger partial charge on any atom is 0.147 e. The third kappa shape index (κ3) is 2.37. The highest BCUT2D eigenvalue weighted by molar-refractivity contribution is 7.11. The molecule has 1 aromatic carbocycles. The molecule has 0 spiro atoms. The molecule has 0 bridgehead atoms. The summed E-state index contributed by atoms with van der Waals surface area (Å²) in [5, 5.41) is 4.37. The van der Waals surface area contributed by atoms with Crippen molar-refractivity contribution in [1.82, 2.24) is 14.3 Å². The Bertz CT molecular complexity index is 675. The summed E-state index contributed by atoms with van der Waals surface area (Å²) in [6.45, 7) is 2.05. The lowest BCUT2D eigenvalue weighted by atomic mass is 10.1. The molecule has 0 aliphatic rings. The molecule has 0 aliphatic heterocycles. The molecule has 0 amide bonds. The van der Waals surface area contributed by atoms with Gasteiger partial charge in [0.1, 0.15) is 16.6 Å². The van der Waals surface area contributed by atoms with Crippen LogP contribution in [0.1, 0.15) is 18.8 Å². The van der Waals surface area contributed by atoms with Crippen LogP contribution in [-0.2, 0) is 0 Å². The van der Waals surface area contributed by atoms with Gasteiger partial charge in [-0.25, -0.2) is 4.98 Å². The topological polar surface area (TPSA) is 79.6 Å². The molecule has 3 rings (SSSR count). The summed E-state index contributed by atoms with van der Waals surface area (Å²) in [4.78, 5) is 7.36. The van der Waals surface area contributed by atoms with Crippen LogP contribution >= 0.6 is 11.5 Å². The minimum Gasteiger partial charge on any atom is -0.382 e. The lowest BCUT2D eigenvalue weighted by molar-refractivity contribution is 0.813. The Kier molecular flexibility index (Phi) is 3.39. The average molecular weight is 285 g/mol. The van der Waals surface area contributed by atoms with E-state index in [4.69, 9.17) is 5.73 Å². The first-order chi connectivity index (χ1) is 9.75. The van der Waals surface area contributed by atoms with Gasteiger partial charge in [-0.05, 0) is 24.0 Å². The van der Waals surface area contributed by atoms with E-state index in [1.54, 1.807) is 6.20 Å². The summed E-state index contributed by atoms with van der Waals surface area (Å²) in [5.41, 5.74) is 8.02. The fraction of sp³-hybridized carbons (Fsp3) is 0.143. The second-order valence-corrected chi connectivity index (χ2v) is 5.25. The molecule has 2 heterocycles. The Labute approximate surface area is 121 Å². The minimum atomic E-state index is 0.0623. The van der Waals surface area contributed by atoms with Crippen LogP contribution < -0.4 is 11.1 Å². The number of benzene rings is 1. The van der Waals surface area contributed by atoms with E-state index in [-0.39, 0.29) is 6.04 Å². The Morgan fingerprint density at radius 2 is 2.10 bits per heavy atom. The van der Waals surface area contributed by atoms with Gasteiger partial charge in [-0.1, -0.05) is 30.3 Å². The molecule has 0 radical (unpaired) electrons. The van der Waals surface area contributed by atoms with Crippen molar-refractivity contribution in [1.29, 1.82) is 0 Å². The maximum atomic E-state index is 6.00. The number of nitrogens with one attached hydrogen (secondary N) is 2. The average Bonchev–Trinajstić information content (AvgIpc) is 3.10. The molecule has 3 aromatic rings. The van der Waals surface area contributed by atoms with Gasteiger partial charge >= 0.3 is 0 Å². The zero-order valence-electron chi connectivity index (χ0n) is 11.0. The smallest absolute Gasteiger partial charge is 0.147 e. The Balaban J connectivity index is 1.92. The van der Waals surface area contributed by atoms with Crippen molar-refractivity contribution in [3.63, 3.8) is 0 Å². The van der Waals surface area contributed by atoms with Crippen LogP contribution in [-0.4, -0.2) is 14.3 Å². The first-order valence-corrected chi connectivity index (χ1v) is 7.09. The minimum absolute atomic E-state index is 0.0623. The zero-order valence-corrected chi connectivity index (χ0v) is 11.8. The van der Waals surface area contributed by atoms with Crippen LogP contribution in [0.4, 0.5) is 10.8 Å². The number of imidazole rings is 1. The monoisotopic (exact) mass is 285 g/mol. The molecule has 0 fully saturated rings. The molecule has 0 saturated heterocycles. The lowest BCUT2D eigenvalue weighted by Crippen LogP contribution is -2.08. The van der Waals surface area contributed by atoms with Crippen molar-refractivity contribution in [3.8, 4) is 11.1 Å². The van der Waals surface area contributed by atoms with E-state index in [0.29, 0.717) is 5.82 Å². The molecule has 1 unspecified atom stereocenters. The predicted octanol–water partition coefficient (Wildman–Crippen LogP) is 3.29. The molecule has 6 heteroatoms. The van der Waals surface area contributed by atoms with Gasteiger partial charge < -0.3 is 16.0 Å². The Morgan fingerprint density at radius 1 is 1.30 bits per heavy atom. The number of rotatable bonds is 4. The van der Waals surface area contributed by atoms with Gasteiger partial charge in [0.2, 0.25) is 0 Å². The van der Waals surface area contributed by atoms with Crippen LogP contribution in [0.25, 0.3) is 11.1 Å². The molecular formula is C14H15N5S. The van der Waals surface area contributed by atoms with Gasteiger partial charge in [-0.2, -0.15) is 4.37 Å². The highest BCUT2D eigenvalue weighted by atomic mass is 32.1. The van der Waals surface area contributed by atoms with Gasteiger partial charge in [-0.3, -0.25) is 0 Å². The highest BCUT2D eigenvalue weighted by Gasteiger charge is 2.16. The predicted molar refractivity (Wildman–Crippen MR) is 82.6 cm³/mol. The molecule has 102 valence electrons. The number of nitrogen functional groups attached to an aromatic ring is 1. The number of H-pyrrole nitrogens is 1. The summed E-state index contributed by atoms with van der Waals surface area (Å²) in [5.74, 6) is 1.44. The number of hydrogen-bond donors (Lipinski definition) is 3.